The number of rotatable bonds is 25. The SMILES string of the molecule is CC(C)(C)OC(=O)COCCOCCOCCOCCOCCOCCCCCC(=O)Nc1cccc2c1C(=O)N(C1CCC(=O)NC1=O)C2=O. The summed E-state index contributed by atoms with van der Waals surface area (Å²) in [6.45, 7) is 9.92. The normalized spacial score (nSPS) is 16.0. The summed E-state index contributed by atoms with van der Waals surface area (Å²) in [5, 5.41) is 4.89. The number of piperidine rings is 1. The monoisotopic (exact) mass is 721 g/mol. The summed E-state index contributed by atoms with van der Waals surface area (Å²) >= 11 is 0. The second-order valence-electron chi connectivity index (χ2n) is 12.7. The lowest BCUT2D eigenvalue weighted by molar-refractivity contribution is -0.160. The molecular formula is C35H51N3O13. The Kier molecular flexibility index (Phi) is 18.1. The van der Waals surface area contributed by atoms with Crippen molar-refractivity contribution in [3.8, 4) is 0 Å². The van der Waals surface area contributed by atoms with Crippen LogP contribution in [0.4, 0.5) is 5.69 Å². The minimum atomic E-state index is -1.07. The highest BCUT2D eigenvalue weighted by Gasteiger charge is 2.45. The van der Waals surface area contributed by atoms with Crippen LogP contribution in [-0.2, 0) is 52.3 Å². The number of amides is 5. The van der Waals surface area contributed by atoms with Crippen LogP contribution in [0, 0.1) is 0 Å². The topological polar surface area (TPSA) is 194 Å². The molecule has 0 bridgehead atoms. The number of unbranched alkanes of at least 4 members (excludes halogenated alkanes) is 2. The summed E-state index contributed by atoms with van der Waals surface area (Å²) in [5.41, 5.74) is -0.158. The van der Waals surface area contributed by atoms with Crippen LogP contribution in [0.25, 0.3) is 0 Å². The van der Waals surface area contributed by atoms with Gasteiger partial charge < -0.3 is 38.5 Å². The van der Waals surface area contributed by atoms with E-state index in [4.69, 9.17) is 33.2 Å². The molecule has 284 valence electrons. The molecule has 1 saturated heterocycles. The fraction of sp³-hybridized carbons (Fsp3) is 0.657. The fourth-order valence-corrected chi connectivity index (χ4v) is 5.12. The highest BCUT2D eigenvalue weighted by Crippen LogP contribution is 2.32. The van der Waals surface area contributed by atoms with E-state index in [0.29, 0.717) is 79.1 Å². The van der Waals surface area contributed by atoms with Crippen LogP contribution in [0.3, 0.4) is 0 Å². The lowest BCUT2D eigenvalue weighted by Gasteiger charge is -2.27. The second kappa shape index (κ2) is 22.2. The lowest BCUT2D eigenvalue weighted by Crippen LogP contribution is -2.54. The van der Waals surface area contributed by atoms with Crippen molar-refractivity contribution in [2.24, 2.45) is 0 Å². The number of hydrogen-bond acceptors (Lipinski definition) is 13. The Hall–Kier alpha value is -3.80. The van der Waals surface area contributed by atoms with E-state index in [-0.39, 0.29) is 48.6 Å². The number of anilines is 1. The molecule has 2 N–H and O–H groups in total. The van der Waals surface area contributed by atoms with Crippen molar-refractivity contribution in [2.45, 2.75) is 70.9 Å². The molecule has 0 aliphatic carbocycles. The van der Waals surface area contributed by atoms with E-state index in [1.54, 1.807) is 32.9 Å². The molecule has 1 aromatic rings. The molecule has 0 aromatic heterocycles. The third-order valence-corrected chi connectivity index (χ3v) is 7.43. The Morgan fingerprint density at radius 1 is 0.765 bits per heavy atom. The molecule has 16 nitrogen and oxygen atoms in total. The number of carbonyl (C=O) groups is 6. The zero-order valence-electron chi connectivity index (χ0n) is 29.8. The van der Waals surface area contributed by atoms with E-state index in [1.165, 1.54) is 6.07 Å². The maximum Gasteiger partial charge on any atom is 0.332 e. The van der Waals surface area contributed by atoms with E-state index in [9.17, 15) is 28.8 Å². The molecule has 3 rings (SSSR count). The molecule has 2 heterocycles. The van der Waals surface area contributed by atoms with Crippen LogP contribution < -0.4 is 10.6 Å². The quantitative estimate of drug-likeness (QED) is 0.0847. The fourth-order valence-electron chi connectivity index (χ4n) is 5.12. The molecule has 2 aliphatic rings. The number of benzene rings is 1. The van der Waals surface area contributed by atoms with Crippen molar-refractivity contribution >= 4 is 41.2 Å². The zero-order valence-corrected chi connectivity index (χ0v) is 29.8. The molecule has 1 fully saturated rings. The van der Waals surface area contributed by atoms with Gasteiger partial charge in [-0.05, 0) is 52.2 Å². The van der Waals surface area contributed by atoms with E-state index in [2.05, 4.69) is 10.6 Å². The average Bonchev–Trinajstić information content (AvgIpc) is 3.32. The van der Waals surface area contributed by atoms with Crippen LogP contribution in [0.5, 0.6) is 0 Å². The van der Waals surface area contributed by atoms with E-state index in [1.807, 2.05) is 0 Å². The maximum atomic E-state index is 13.2. The molecule has 51 heavy (non-hydrogen) atoms. The number of carbonyl (C=O) groups excluding carboxylic acids is 6. The minimum absolute atomic E-state index is 0.0268. The first kappa shape index (κ1) is 41.6. The third kappa shape index (κ3) is 15.1. The van der Waals surface area contributed by atoms with Crippen LogP contribution in [-0.4, -0.2) is 131 Å². The number of nitrogens with one attached hydrogen (secondary N) is 2. The smallest absolute Gasteiger partial charge is 0.332 e. The van der Waals surface area contributed by atoms with Gasteiger partial charge in [0.15, 0.2) is 0 Å². The van der Waals surface area contributed by atoms with E-state index in [0.717, 1.165) is 17.7 Å². The summed E-state index contributed by atoms with van der Waals surface area (Å²) in [4.78, 5) is 74.9. The summed E-state index contributed by atoms with van der Waals surface area (Å²) in [5.74, 6) is -3.14. The largest absolute Gasteiger partial charge is 0.458 e. The first-order chi connectivity index (χ1) is 24.5. The summed E-state index contributed by atoms with van der Waals surface area (Å²) in [7, 11) is 0. The van der Waals surface area contributed by atoms with Gasteiger partial charge in [0.1, 0.15) is 18.2 Å². The van der Waals surface area contributed by atoms with Gasteiger partial charge in [-0.2, -0.15) is 0 Å². The second-order valence-corrected chi connectivity index (χ2v) is 12.7. The van der Waals surface area contributed by atoms with E-state index >= 15 is 0 Å². The molecule has 0 saturated carbocycles. The number of hydrogen-bond donors (Lipinski definition) is 2. The molecule has 5 amide bonds. The van der Waals surface area contributed by atoms with Crippen LogP contribution in [0.15, 0.2) is 18.2 Å². The molecule has 0 radical (unpaired) electrons. The highest BCUT2D eigenvalue weighted by molar-refractivity contribution is 6.26. The zero-order chi connectivity index (χ0) is 37.1. The van der Waals surface area contributed by atoms with Crippen molar-refractivity contribution in [1.29, 1.82) is 0 Å². The molecule has 1 atom stereocenters. The average molecular weight is 722 g/mol. The van der Waals surface area contributed by atoms with Gasteiger partial charge in [-0.3, -0.25) is 34.2 Å². The Bertz CT molecular complexity index is 1330. The number of nitrogens with zero attached hydrogens (tertiary/aromatic N) is 1. The molecule has 1 unspecified atom stereocenters. The van der Waals surface area contributed by atoms with Crippen LogP contribution in [0.2, 0.25) is 0 Å². The van der Waals surface area contributed by atoms with Crippen LogP contribution in [0.1, 0.15) is 80.0 Å². The van der Waals surface area contributed by atoms with Crippen molar-refractivity contribution in [1.82, 2.24) is 10.2 Å². The van der Waals surface area contributed by atoms with Gasteiger partial charge in [0, 0.05) is 19.4 Å². The number of ether oxygens (including phenoxy) is 7. The summed E-state index contributed by atoms with van der Waals surface area (Å²) in [6, 6.07) is 3.52. The van der Waals surface area contributed by atoms with Crippen LogP contribution >= 0.6 is 0 Å². The summed E-state index contributed by atoms with van der Waals surface area (Å²) in [6.07, 6.45) is 2.43. The Morgan fingerprint density at radius 2 is 1.33 bits per heavy atom. The predicted molar refractivity (Wildman–Crippen MR) is 181 cm³/mol. The summed E-state index contributed by atoms with van der Waals surface area (Å²) < 4.78 is 37.7. The first-order valence-corrected chi connectivity index (χ1v) is 17.3. The Balaban J connectivity index is 1.11. The van der Waals surface area contributed by atoms with Gasteiger partial charge in [-0.25, -0.2) is 4.79 Å². The third-order valence-electron chi connectivity index (χ3n) is 7.43. The Labute approximate surface area is 298 Å². The molecule has 0 spiro atoms. The van der Waals surface area contributed by atoms with Crippen molar-refractivity contribution in [2.75, 3.05) is 84.6 Å². The van der Waals surface area contributed by atoms with Crippen molar-refractivity contribution < 1.29 is 61.9 Å². The molecule has 16 heteroatoms. The standard InChI is InChI=1S/C35H51N3O13/c1-35(2,3)51-30(41)24-50-23-22-49-21-20-48-19-18-47-17-16-46-15-14-45-13-6-4-5-10-28(39)36-26-9-7-8-25-31(26)34(44)38(33(25)43)27-11-12-29(40)37-32(27)42/h7-9,27H,4-6,10-24H2,1-3H3,(H,36,39)(H,37,40,42). The number of imide groups is 2. The maximum absolute atomic E-state index is 13.2. The Morgan fingerprint density at radius 3 is 1.90 bits per heavy atom. The van der Waals surface area contributed by atoms with Gasteiger partial charge >= 0.3 is 5.97 Å². The van der Waals surface area contributed by atoms with Crippen molar-refractivity contribution in [3.05, 3.63) is 29.3 Å². The molecule has 2 aliphatic heterocycles. The number of fused-ring (bicyclic) bond motifs is 1. The van der Waals surface area contributed by atoms with Gasteiger partial charge in [0.25, 0.3) is 11.8 Å². The molecular weight excluding hydrogens is 670 g/mol. The first-order valence-electron chi connectivity index (χ1n) is 17.3. The van der Waals surface area contributed by atoms with E-state index < -0.39 is 41.2 Å². The van der Waals surface area contributed by atoms with Crippen molar-refractivity contribution in [3.63, 3.8) is 0 Å². The lowest BCUT2D eigenvalue weighted by atomic mass is 10.0. The predicted octanol–water partition coefficient (Wildman–Crippen LogP) is 2.03. The molecule has 1 aromatic carbocycles. The minimum Gasteiger partial charge on any atom is -0.458 e. The number of esters is 1. The van der Waals surface area contributed by atoms with Gasteiger partial charge in [0.05, 0.1) is 82.9 Å². The van der Waals surface area contributed by atoms with Gasteiger partial charge in [-0.1, -0.05) is 12.5 Å². The van der Waals surface area contributed by atoms with Gasteiger partial charge in [0.2, 0.25) is 17.7 Å². The van der Waals surface area contributed by atoms with Gasteiger partial charge in [-0.15, -0.1) is 0 Å². The highest BCUT2D eigenvalue weighted by atomic mass is 16.6.